The van der Waals surface area contributed by atoms with Gasteiger partial charge in [-0.25, -0.2) is 0 Å². The predicted molar refractivity (Wildman–Crippen MR) is 43.5 cm³/mol. The molecule has 0 aromatic carbocycles. The summed E-state index contributed by atoms with van der Waals surface area (Å²) in [6.45, 7) is 0.728. The van der Waals surface area contributed by atoms with Crippen LogP contribution < -0.4 is 11.5 Å². The molecule has 4 N–H and O–H groups in total. The summed E-state index contributed by atoms with van der Waals surface area (Å²) in [6, 6.07) is 0.224. The molecule has 1 aliphatic carbocycles. The summed E-state index contributed by atoms with van der Waals surface area (Å²) in [5.41, 5.74) is 12.3. The fourth-order valence-electron chi connectivity index (χ4n) is 1.03. The number of hydrogen-bond donors (Lipinski definition) is 2. The van der Waals surface area contributed by atoms with Crippen LogP contribution in [0.5, 0.6) is 0 Å². The first kappa shape index (κ1) is 7.51. The fourth-order valence-corrected chi connectivity index (χ4v) is 1.03. The van der Waals surface area contributed by atoms with E-state index in [2.05, 4.69) is 12.2 Å². The van der Waals surface area contributed by atoms with Gasteiger partial charge in [0.15, 0.2) is 0 Å². The van der Waals surface area contributed by atoms with Gasteiger partial charge in [-0.2, -0.15) is 0 Å². The van der Waals surface area contributed by atoms with Gasteiger partial charge in [-0.3, -0.25) is 0 Å². The van der Waals surface area contributed by atoms with Gasteiger partial charge in [0, 0.05) is 6.04 Å². The lowest BCUT2D eigenvalue weighted by atomic mass is 10.0. The van der Waals surface area contributed by atoms with Crippen LogP contribution in [0, 0.1) is 0 Å². The van der Waals surface area contributed by atoms with Crippen LogP contribution in [0.3, 0.4) is 0 Å². The molecule has 0 radical (unpaired) electrons. The highest BCUT2D eigenvalue weighted by molar-refractivity contribution is 5.24. The SMILES string of the molecule is NCCC1=CCC(N)C=C1. The van der Waals surface area contributed by atoms with E-state index in [0.717, 1.165) is 19.4 Å². The van der Waals surface area contributed by atoms with Crippen molar-refractivity contribution in [3.05, 3.63) is 23.8 Å². The first-order chi connectivity index (χ1) is 4.83. The molecule has 0 saturated carbocycles. The van der Waals surface area contributed by atoms with Crippen molar-refractivity contribution in [1.82, 2.24) is 0 Å². The van der Waals surface area contributed by atoms with E-state index >= 15 is 0 Å². The minimum absolute atomic E-state index is 0.224. The topological polar surface area (TPSA) is 52.0 Å². The van der Waals surface area contributed by atoms with Crippen molar-refractivity contribution in [3.63, 3.8) is 0 Å². The molecule has 56 valence electrons. The zero-order valence-electron chi connectivity index (χ0n) is 6.09. The Labute approximate surface area is 61.6 Å². The summed E-state index contributed by atoms with van der Waals surface area (Å²) >= 11 is 0. The van der Waals surface area contributed by atoms with E-state index in [-0.39, 0.29) is 6.04 Å². The number of hydrogen-bond acceptors (Lipinski definition) is 2. The quantitative estimate of drug-likeness (QED) is 0.585. The molecular weight excluding hydrogens is 124 g/mol. The normalized spacial score (nSPS) is 24.6. The number of nitrogens with two attached hydrogens (primary N) is 2. The Morgan fingerprint density at radius 3 is 2.90 bits per heavy atom. The molecule has 0 aromatic rings. The van der Waals surface area contributed by atoms with Crippen LogP contribution in [-0.2, 0) is 0 Å². The van der Waals surface area contributed by atoms with E-state index in [1.807, 2.05) is 6.08 Å². The molecule has 0 fully saturated rings. The second kappa shape index (κ2) is 3.54. The van der Waals surface area contributed by atoms with Gasteiger partial charge in [-0.05, 0) is 19.4 Å². The molecule has 1 atom stereocenters. The lowest BCUT2D eigenvalue weighted by molar-refractivity contribution is 0.805. The number of allylic oxidation sites excluding steroid dienone is 1. The van der Waals surface area contributed by atoms with Crippen LogP contribution in [0.15, 0.2) is 23.8 Å². The smallest absolute Gasteiger partial charge is 0.0262 e. The van der Waals surface area contributed by atoms with Gasteiger partial charge >= 0.3 is 0 Å². The third-order valence-corrected chi connectivity index (χ3v) is 1.64. The highest BCUT2D eigenvalue weighted by Gasteiger charge is 2.01. The largest absolute Gasteiger partial charge is 0.330 e. The van der Waals surface area contributed by atoms with Crippen LogP contribution in [0.2, 0.25) is 0 Å². The third kappa shape index (κ3) is 1.97. The Balaban J connectivity index is 2.42. The van der Waals surface area contributed by atoms with Gasteiger partial charge in [0.2, 0.25) is 0 Å². The van der Waals surface area contributed by atoms with Gasteiger partial charge < -0.3 is 11.5 Å². The molecule has 0 heterocycles. The summed E-state index contributed by atoms with van der Waals surface area (Å²) < 4.78 is 0. The fraction of sp³-hybridized carbons (Fsp3) is 0.500. The molecule has 1 aliphatic rings. The molecule has 0 amide bonds. The van der Waals surface area contributed by atoms with Gasteiger partial charge in [0.25, 0.3) is 0 Å². The molecule has 1 unspecified atom stereocenters. The van der Waals surface area contributed by atoms with Crippen molar-refractivity contribution >= 4 is 0 Å². The van der Waals surface area contributed by atoms with Gasteiger partial charge in [-0.1, -0.05) is 23.8 Å². The molecule has 2 heteroatoms. The first-order valence-corrected chi connectivity index (χ1v) is 3.66. The van der Waals surface area contributed by atoms with E-state index in [9.17, 15) is 0 Å². The van der Waals surface area contributed by atoms with Crippen molar-refractivity contribution < 1.29 is 0 Å². The molecule has 0 aliphatic heterocycles. The Kier molecular flexibility index (Phi) is 2.66. The molecule has 2 nitrogen and oxygen atoms in total. The number of rotatable bonds is 2. The maximum atomic E-state index is 5.63. The van der Waals surface area contributed by atoms with Crippen LogP contribution in [0.25, 0.3) is 0 Å². The van der Waals surface area contributed by atoms with Crippen molar-refractivity contribution in [1.29, 1.82) is 0 Å². The predicted octanol–water partition coefficient (Wildman–Crippen LogP) is 0.549. The second-order valence-electron chi connectivity index (χ2n) is 2.58. The highest BCUT2D eigenvalue weighted by Crippen LogP contribution is 2.10. The van der Waals surface area contributed by atoms with Gasteiger partial charge in [0.05, 0.1) is 0 Å². The van der Waals surface area contributed by atoms with Crippen LogP contribution in [0.1, 0.15) is 12.8 Å². The van der Waals surface area contributed by atoms with Crippen LogP contribution >= 0.6 is 0 Å². The molecule has 0 bridgehead atoms. The summed E-state index contributed by atoms with van der Waals surface area (Å²) in [4.78, 5) is 0. The molecule has 0 spiro atoms. The maximum absolute atomic E-state index is 5.63. The third-order valence-electron chi connectivity index (χ3n) is 1.64. The van der Waals surface area contributed by atoms with E-state index in [4.69, 9.17) is 11.5 Å². The maximum Gasteiger partial charge on any atom is 0.0262 e. The zero-order chi connectivity index (χ0) is 7.40. The summed E-state index contributed by atoms with van der Waals surface area (Å²) in [6.07, 6.45) is 8.21. The van der Waals surface area contributed by atoms with E-state index in [0.29, 0.717) is 0 Å². The Morgan fingerprint density at radius 2 is 2.40 bits per heavy atom. The standard InChI is InChI=1S/C8H14N2/c9-6-5-7-1-3-8(10)4-2-7/h1-3,8H,4-6,9-10H2. The molecular formula is C8H14N2. The molecule has 10 heavy (non-hydrogen) atoms. The Hall–Kier alpha value is -0.600. The summed E-state index contributed by atoms with van der Waals surface area (Å²) in [7, 11) is 0. The van der Waals surface area contributed by atoms with Crippen molar-refractivity contribution in [2.45, 2.75) is 18.9 Å². The first-order valence-electron chi connectivity index (χ1n) is 3.66. The van der Waals surface area contributed by atoms with Crippen LogP contribution in [0.4, 0.5) is 0 Å². The van der Waals surface area contributed by atoms with E-state index in [1.54, 1.807) is 0 Å². The average Bonchev–Trinajstić information content (AvgIpc) is 1.95. The summed E-state index contributed by atoms with van der Waals surface area (Å²) in [5.74, 6) is 0. The minimum Gasteiger partial charge on any atom is -0.330 e. The van der Waals surface area contributed by atoms with Gasteiger partial charge in [-0.15, -0.1) is 0 Å². The Morgan fingerprint density at radius 1 is 1.60 bits per heavy atom. The van der Waals surface area contributed by atoms with Crippen molar-refractivity contribution in [2.24, 2.45) is 11.5 Å². The van der Waals surface area contributed by atoms with Crippen molar-refractivity contribution in [2.75, 3.05) is 6.54 Å². The lowest BCUT2D eigenvalue weighted by Gasteiger charge is -2.10. The summed E-state index contributed by atoms with van der Waals surface area (Å²) in [5, 5.41) is 0. The van der Waals surface area contributed by atoms with E-state index in [1.165, 1.54) is 5.57 Å². The van der Waals surface area contributed by atoms with E-state index < -0.39 is 0 Å². The Bertz CT molecular complexity index is 159. The molecule has 1 rings (SSSR count). The van der Waals surface area contributed by atoms with Gasteiger partial charge in [0.1, 0.15) is 0 Å². The monoisotopic (exact) mass is 138 g/mol. The lowest BCUT2D eigenvalue weighted by Crippen LogP contribution is -2.17. The van der Waals surface area contributed by atoms with Crippen molar-refractivity contribution in [3.8, 4) is 0 Å². The van der Waals surface area contributed by atoms with Crippen LogP contribution in [-0.4, -0.2) is 12.6 Å². The minimum atomic E-state index is 0.224. The second-order valence-corrected chi connectivity index (χ2v) is 2.58. The zero-order valence-corrected chi connectivity index (χ0v) is 6.09. The molecule has 0 saturated heterocycles. The highest BCUT2D eigenvalue weighted by atomic mass is 14.6. The average molecular weight is 138 g/mol. The molecule has 0 aromatic heterocycles.